The highest BCUT2D eigenvalue weighted by molar-refractivity contribution is 6.30. The number of aliphatic hydroxyl groups excluding tert-OH is 3. The molecule has 5 atom stereocenters. The predicted molar refractivity (Wildman–Crippen MR) is 122 cm³/mol. The van der Waals surface area contributed by atoms with E-state index in [0.29, 0.717) is 28.6 Å². The summed E-state index contributed by atoms with van der Waals surface area (Å²) in [4.78, 5) is 4.46. The van der Waals surface area contributed by atoms with E-state index in [0.717, 1.165) is 0 Å². The fourth-order valence-electron chi connectivity index (χ4n) is 4.21. The van der Waals surface area contributed by atoms with Crippen molar-refractivity contribution in [3.8, 4) is 16.9 Å². The smallest absolute Gasteiger partial charge is 0.164 e. The van der Waals surface area contributed by atoms with Gasteiger partial charge in [0.05, 0.1) is 23.5 Å². The monoisotopic (exact) mass is 500 g/mol. The van der Waals surface area contributed by atoms with Crippen LogP contribution in [0.1, 0.15) is 23.8 Å². The van der Waals surface area contributed by atoms with Crippen molar-refractivity contribution in [3.63, 3.8) is 0 Å². The molecule has 1 saturated heterocycles. The number of hydrogen-bond donors (Lipinski definition) is 3. The van der Waals surface area contributed by atoms with Crippen molar-refractivity contribution in [2.24, 2.45) is 0 Å². The predicted octanol–water partition coefficient (Wildman–Crippen LogP) is 2.02. The SMILES string of the molecule is Cc1nc([C@@H]2O[C@H](CO)[C@H](O)[C@H](n3cc(-c4ccc(Cl)c(F)c4)nn3)[C@H]2O)n(-c2ccccc2)n1. The number of benzene rings is 2. The molecule has 0 unspecified atom stereocenters. The molecule has 4 aromatic rings. The van der Waals surface area contributed by atoms with Crippen LogP contribution < -0.4 is 0 Å². The summed E-state index contributed by atoms with van der Waals surface area (Å²) >= 11 is 5.77. The van der Waals surface area contributed by atoms with Crippen LogP contribution in [0.15, 0.2) is 54.7 Å². The second kappa shape index (κ2) is 9.44. The second-order valence-electron chi connectivity index (χ2n) is 8.23. The zero-order valence-electron chi connectivity index (χ0n) is 18.5. The van der Waals surface area contributed by atoms with E-state index in [4.69, 9.17) is 16.3 Å². The summed E-state index contributed by atoms with van der Waals surface area (Å²) in [5.41, 5.74) is 1.44. The van der Waals surface area contributed by atoms with Gasteiger partial charge in [-0.25, -0.2) is 18.7 Å². The van der Waals surface area contributed by atoms with E-state index < -0.39 is 42.9 Å². The van der Waals surface area contributed by atoms with Gasteiger partial charge in [0.15, 0.2) is 5.82 Å². The number of para-hydroxylation sites is 1. The van der Waals surface area contributed by atoms with Gasteiger partial charge in [-0.2, -0.15) is 5.10 Å². The molecule has 2 aromatic carbocycles. The average Bonchev–Trinajstić information content (AvgIpc) is 3.49. The summed E-state index contributed by atoms with van der Waals surface area (Å²) < 4.78 is 22.7. The van der Waals surface area contributed by atoms with E-state index in [2.05, 4.69) is 20.4 Å². The third-order valence-corrected chi connectivity index (χ3v) is 6.22. The van der Waals surface area contributed by atoms with Crippen molar-refractivity contribution in [3.05, 3.63) is 77.2 Å². The van der Waals surface area contributed by atoms with Gasteiger partial charge in [-0.1, -0.05) is 41.1 Å². The lowest BCUT2D eigenvalue weighted by molar-refractivity contribution is -0.210. The molecule has 0 bridgehead atoms. The first-order chi connectivity index (χ1) is 16.9. The first-order valence-corrected chi connectivity index (χ1v) is 11.2. The molecule has 0 spiro atoms. The molecule has 1 fully saturated rings. The fraction of sp³-hybridized carbons (Fsp3) is 0.304. The molecule has 10 nitrogen and oxygen atoms in total. The number of ether oxygens (including phenoxy) is 1. The Kier molecular flexibility index (Phi) is 6.34. The normalized spacial score (nSPS) is 24.6. The summed E-state index contributed by atoms with van der Waals surface area (Å²) in [7, 11) is 0. The highest BCUT2D eigenvalue weighted by atomic mass is 35.5. The van der Waals surface area contributed by atoms with E-state index >= 15 is 0 Å². The van der Waals surface area contributed by atoms with E-state index in [1.54, 1.807) is 17.7 Å². The van der Waals surface area contributed by atoms with Gasteiger partial charge in [0.2, 0.25) is 0 Å². The van der Waals surface area contributed by atoms with Crippen molar-refractivity contribution < 1.29 is 24.4 Å². The summed E-state index contributed by atoms with van der Waals surface area (Å²) in [5.74, 6) is 0.147. The number of nitrogens with zero attached hydrogens (tertiary/aromatic N) is 6. The number of aliphatic hydroxyl groups is 3. The lowest BCUT2D eigenvalue weighted by Gasteiger charge is -2.41. The molecule has 0 saturated carbocycles. The maximum Gasteiger partial charge on any atom is 0.164 e. The van der Waals surface area contributed by atoms with Gasteiger partial charge in [0.25, 0.3) is 0 Å². The molecule has 3 heterocycles. The largest absolute Gasteiger partial charge is 0.394 e. The maximum atomic E-state index is 13.9. The highest BCUT2D eigenvalue weighted by Crippen LogP contribution is 2.38. The summed E-state index contributed by atoms with van der Waals surface area (Å²) in [6.07, 6.45) is -3.28. The van der Waals surface area contributed by atoms with Gasteiger partial charge in [0, 0.05) is 5.56 Å². The molecular formula is C23H22ClFN6O4. The quantitative estimate of drug-likeness (QED) is 0.379. The van der Waals surface area contributed by atoms with Crippen molar-refractivity contribution in [2.75, 3.05) is 6.61 Å². The molecule has 0 amide bonds. The number of hydrogen-bond acceptors (Lipinski definition) is 8. The highest BCUT2D eigenvalue weighted by Gasteiger charge is 2.48. The topological polar surface area (TPSA) is 131 Å². The summed E-state index contributed by atoms with van der Waals surface area (Å²) in [5, 5.41) is 44.7. The summed E-state index contributed by atoms with van der Waals surface area (Å²) in [6, 6.07) is 12.4. The molecule has 1 aliphatic rings. The van der Waals surface area contributed by atoms with Crippen LogP contribution in [0.4, 0.5) is 4.39 Å². The zero-order valence-corrected chi connectivity index (χ0v) is 19.2. The van der Waals surface area contributed by atoms with E-state index in [1.165, 1.54) is 23.0 Å². The molecule has 3 N–H and O–H groups in total. The number of rotatable bonds is 5. The average molecular weight is 501 g/mol. The molecule has 12 heteroatoms. The van der Waals surface area contributed by atoms with Crippen LogP contribution in [0.5, 0.6) is 0 Å². The Hall–Kier alpha value is -3.22. The number of aromatic nitrogens is 6. The van der Waals surface area contributed by atoms with Gasteiger partial charge in [-0.15, -0.1) is 5.10 Å². The minimum Gasteiger partial charge on any atom is -0.394 e. The van der Waals surface area contributed by atoms with Crippen LogP contribution in [0.3, 0.4) is 0 Å². The zero-order chi connectivity index (χ0) is 24.7. The van der Waals surface area contributed by atoms with Crippen LogP contribution in [0.25, 0.3) is 16.9 Å². The van der Waals surface area contributed by atoms with Gasteiger partial charge >= 0.3 is 0 Å². The van der Waals surface area contributed by atoms with Crippen molar-refractivity contribution in [1.82, 2.24) is 29.8 Å². The third kappa shape index (κ3) is 4.32. The minimum absolute atomic E-state index is 0.0251. The van der Waals surface area contributed by atoms with E-state index in [1.807, 2.05) is 30.3 Å². The second-order valence-corrected chi connectivity index (χ2v) is 8.63. The summed E-state index contributed by atoms with van der Waals surface area (Å²) in [6.45, 7) is 1.20. The molecule has 2 aromatic heterocycles. The lowest BCUT2D eigenvalue weighted by atomic mass is 9.92. The minimum atomic E-state index is -1.34. The molecule has 1 aliphatic heterocycles. The van der Waals surface area contributed by atoms with Crippen molar-refractivity contribution in [2.45, 2.75) is 37.4 Å². The van der Waals surface area contributed by atoms with Crippen LogP contribution in [0, 0.1) is 12.7 Å². The number of aryl methyl sites for hydroxylation is 1. The molecule has 0 aliphatic carbocycles. The fourth-order valence-corrected chi connectivity index (χ4v) is 4.33. The Bertz CT molecular complexity index is 1330. The van der Waals surface area contributed by atoms with E-state index in [9.17, 15) is 19.7 Å². The van der Waals surface area contributed by atoms with E-state index in [-0.39, 0.29) is 5.02 Å². The van der Waals surface area contributed by atoms with Crippen LogP contribution >= 0.6 is 11.6 Å². The van der Waals surface area contributed by atoms with Crippen molar-refractivity contribution in [1.29, 1.82) is 0 Å². The van der Waals surface area contributed by atoms with Crippen LogP contribution in [-0.2, 0) is 4.74 Å². The molecular weight excluding hydrogens is 479 g/mol. The Morgan fingerprint density at radius 1 is 1.11 bits per heavy atom. The molecule has 0 radical (unpaired) electrons. The maximum absolute atomic E-state index is 13.9. The Labute approximate surface area is 204 Å². The van der Waals surface area contributed by atoms with Gasteiger partial charge in [0.1, 0.15) is 47.8 Å². The van der Waals surface area contributed by atoms with Crippen LogP contribution in [0.2, 0.25) is 5.02 Å². The van der Waals surface area contributed by atoms with Gasteiger partial charge < -0.3 is 20.1 Å². The lowest BCUT2D eigenvalue weighted by Crippen LogP contribution is -2.53. The molecule has 35 heavy (non-hydrogen) atoms. The van der Waals surface area contributed by atoms with Crippen LogP contribution in [-0.4, -0.2) is 70.0 Å². The Morgan fingerprint density at radius 2 is 1.89 bits per heavy atom. The first kappa shape index (κ1) is 23.5. The number of halogens is 2. The Morgan fingerprint density at radius 3 is 2.60 bits per heavy atom. The first-order valence-electron chi connectivity index (χ1n) is 10.9. The third-order valence-electron chi connectivity index (χ3n) is 5.92. The van der Waals surface area contributed by atoms with Gasteiger partial charge in [-0.05, 0) is 31.2 Å². The van der Waals surface area contributed by atoms with Crippen molar-refractivity contribution >= 4 is 11.6 Å². The Balaban J connectivity index is 1.53. The molecule has 5 rings (SSSR count). The van der Waals surface area contributed by atoms with Gasteiger partial charge in [-0.3, -0.25) is 0 Å². The molecule has 182 valence electrons. The standard InChI is InChI=1S/C23H22ClFN6O4/c1-12-26-23(31(28-12)14-5-3-2-4-6-14)22-21(34)19(20(33)18(11-32)35-22)30-10-17(27-29-30)13-7-8-15(24)16(25)9-13/h2-10,18-22,32-34H,11H2,1H3/t18-,19+,20+,21-,22-/m1/s1.